The minimum absolute atomic E-state index is 0. The number of esters is 1. The van der Waals surface area contributed by atoms with Gasteiger partial charge in [-0.05, 0) is 24.7 Å². The highest BCUT2D eigenvalue weighted by Crippen LogP contribution is 2.20. The first-order valence-corrected chi connectivity index (χ1v) is 7.12. The Balaban J connectivity index is 0.00000400. The molecule has 0 aliphatic heterocycles. The quantitative estimate of drug-likeness (QED) is 0.713. The van der Waals surface area contributed by atoms with Crippen LogP contribution in [0.2, 0.25) is 0 Å². The molecular weight excluding hydrogens is 360 g/mol. The molecule has 0 spiro atoms. The Morgan fingerprint density at radius 2 is 1.90 bits per heavy atom. The number of ether oxygens (including phenoxy) is 1. The lowest BCUT2D eigenvalue weighted by Gasteiger charge is -2.18. The third-order valence-electron chi connectivity index (χ3n) is 2.81. The van der Waals surface area contributed by atoms with Gasteiger partial charge in [0.1, 0.15) is 0 Å². The van der Waals surface area contributed by atoms with Crippen LogP contribution in [0.15, 0.2) is 28.7 Å². The molecule has 0 aromatic heterocycles. The van der Waals surface area contributed by atoms with Gasteiger partial charge in [-0.2, -0.15) is 0 Å². The summed E-state index contributed by atoms with van der Waals surface area (Å²) in [6, 6.07) is 7.12. The first-order chi connectivity index (χ1) is 9.56. The summed E-state index contributed by atoms with van der Waals surface area (Å²) in [5, 5.41) is 5.77. The van der Waals surface area contributed by atoms with Crippen LogP contribution in [0.3, 0.4) is 0 Å². The van der Waals surface area contributed by atoms with Gasteiger partial charge in [0, 0.05) is 17.4 Å². The zero-order valence-corrected chi connectivity index (χ0v) is 14.4. The number of carbonyl (C=O) groups is 2. The van der Waals surface area contributed by atoms with E-state index >= 15 is 0 Å². The molecule has 1 aromatic carbocycles. The molecule has 0 aliphatic rings. The summed E-state index contributed by atoms with van der Waals surface area (Å²) in [6.07, 6.45) is 0.480. The SMILES string of the molecule is CNCCC(=O)NC(CC(=O)OC)c1ccc(Br)cc1.Cl. The molecule has 0 aliphatic carbocycles. The molecule has 0 fully saturated rings. The number of hydrogen-bond donors (Lipinski definition) is 2. The van der Waals surface area contributed by atoms with Crippen LogP contribution >= 0.6 is 28.3 Å². The molecule has 118 valence electrons. The van der Waals surface area contributed by atoms with E-state index in [-0.39, 0.29) is 36.7 Å². The van der Waals surface area contributed by atoms with Gasteiger partial charge in [0.05, 0.1) is 19.6 Å². The number of hydrogen-bond acceptors (Lipinski definition) is 4. The van der Waals surface area contributed by atoms with Gasteiger partial charge in [-0.3, -0.25) is 9.59 Å². The van der Waals surface area contributed by atoms with E-state index in [0.717, 1.165) is 10.0 Å². The first-order valence-electron chi connectivity index (χ1n) is 6.33. The first kappa shape index (κ1) is 19.9. The number of halogens is 2. The summed E-state index contributed by atoms with van der Waals surface area (Å²) in [6.45, 7) is 0.594. The van der Waals surface area contributed by atoms with Crippen LogP contribution in [-0.4, -0.2) is 32.6 Å². The van der Waals surface area contributed by atoms with Gasteiger partial charge in [0.25, 0.3) is 0 Å². The van der Waals surface area contributed by atoms with Crippen molar-refractivity contribution in [2.45, 2.75) is 18.9 Å². The molecule has 0 radical (unpaired) electrons. The van der Waals surface area contributed by atoms with E-state index in [1.165, 1.54) is 7.11 Å². The van der Waals surface area contributed by atoms with Crippen LogP contribution in [-0.2, 0) is 14.3 Å². The van der Waals surface area contributed by atoms with Gasteiger partial charge in [-0.1, -0.05) is 28.1 Å². The number of methoxy groups -OCH3 is 1. The van der Waals surface area contributed by atoms with Crippen molar-refractivity contribution in [2.75, 3.05) is 20.7 Å². The Hall–Kier alpha value is -1.11. The highest BCUT2D eigenvalue weighted by molar-refractivity contribution is 9.10. The van der Waals surface area contributed by atoms with E-state index < -0.39 is 0 Å². The standard InChI is InChI=1S/C14H19BrN2O3.ClH/c1-16-8-7-13(18)17-12(9-14(19)20-2)10-3-5-11(15)6-4-10;/h3-6,12,16H,7-9H2,1-2H3,(H,17,18);1H. The summed E-state index contributed by atoms with van der Waals surface area (Å²) >= 11 is 3.36. The highest BCUT2D eigenvalue weighted by Gasteiger charge is 2.18. The Labute approximate surface area is 139 Å². The monoisotopic (exact) mass is 378 g/mol. The van der Waals surface area contributed by atoms with E-state index in [2.05, 4.69) is 31.3 Å². The van der Waals surface area contributed by atoms with Gasteiger partial charge in [-0.25, -0.2) is 0 Å². The summed E-state index contributed by atoms with van der Waals surface area (Å²) in [5.74, 6) is -0.456. The lowest BCUT2D eigenvalue weighted by Crippen LogP contribution is -2.32. The molecule has 0 saturated heterocycles. The maximum atomic E-state index is 11.8. The van der Waals surface area contributed by atoms with Crippen molar-refractivity contribution in [2.24, 2.45) is 0 Å². The minimum atomic E-state index is -0.375. The Kier molecular flexibility index (Phi) is 10.0. The van der Waals surface area contributed by atoms with Crippen molar-refractivity contribution in [1.29, 1.82) is 0 Å². The Morgan fingerprint density at radius 1 is 1.29 bits per heavy atom. The van der Waals surface area contributed by atoms with Crippen LogP contribution in [0.25, 0.3) is 0 Å². The second-order valence-corrected chi connectivity index (χ2v) is 5.22. The predicted molar refractivity (Wildman–Crippen MR) is 87.5 cm³/mol. The second-order valence-electron chi connectivity index (χ2n) is 4.31. The predicted octanol–water partition coefficient (Wildman–Crippen LogP) is 2.20. The van der Waals surface area contributed by atoms with Crippen LogP contribution in [0.1, 0.15) is 24.4 Å². The van der Waals surface area contributed by atoms with E-state index in [4.69, 9.17) is 0 Å². The van der Waals surface area contributed by atoms with Crippen molar-refractivity contribution in [3.63, 3.8) is 0 Å². The molecule has 1 unspecified atom stereocenters. The molecule has 1 amide bonds. The zero-order valence-electron chi connectivity index (χ0n) is 12.0. The van der Waals surface area contributed by atoms with Gasteiger partial charge < -0.3 is 15.4 Å². The minimum Gasteiger partial charge on any atom is -0.469 e. The average Bonchev–Trinajstić information content (AvgIpc) is 2.45. The van der Waals surface area contributed by atoms with Crippen molar-refractivity contribution >= 4 is 40.2 Å². The van der Waals surface area contributed by atoms with E-state index in [0.29, 0.717) is 13.0 Å². The molecule has 7 heteroatoms. The molecular formula is C14H20BrClN2O3. The fourth-order valence-electron chi connectivity index (χ4n) is 1.70. The zero-order chi connectivity index (χ0) is 15.0. The summed E-state index contributed by atoms with van der Waals surface area (Å²) < 4.78 is 5.62. The number of amides is 1. The fourth-order valence-corrected chi connectivity index (χ4v) is 1.97. The molecule has 2 N–H and O–H groups in total. The van der Waals surface area contributed by atoms with Gasteiger partial charge >= 0.3 is 5.97 Å². The second kappa shape index (κ2) is 10.6. The smallest absolute Gasteiger partial charge is 0.307 e. The highest BCUT2D eigenvalue weighted by atomic mass is 79.9. The molecule has 1 aromatic rings. The number of rotatable bonds is 7. The number of nitrogens with one attached hydrogen (secondary N) is 2. The molecule has 1 rings (SSSR count). The maximum absolute atomic E-state index is 11.8. The third kappa shape index (κ3) is 7.45. The topological polar surface area (TPSA) is 67.4 Å². The molecule has 0 saturated carbocycles. The Bertz CT molecular complexity index is 454. The lowest BCUT2D eigenvalue weighted by molar-refractivity contribution is -0.141. The third-order valence-corrected chi connectivity index (χ3v) is 3.34. The van der Waals surface area contributed by atoms with Crippen LogP contribution in [0.4, 0.5) is 0 Å². The van der Waals surface area contributed by atoms with E-state index in [1.54, 1.807) is 7.05 Å². The van der Waals surface area contributed by atoms with Crippen LogP contribution < -0.4 is 10.6 Å². The van der Waals surface area contributed by atoms with Gasteiger partial charge in [0.2, 0.25) is 5.91 Å². The van der Waals surface area contributed by atoms with Crippen molar-refractivity contribution in [3.8, 4) is 0 Å². The van der Waals surface area contributed by atoms with Crippen molar-refractivity contribution < 1.29 is 14.3 Å². The van der Waals surface area contributed by atoms with Gasteiger partial charge in [-0.15, -0.1) is 12.4 Å². The molecule has 1 atom stereocenters. The number of benzene rings is 1. The Morgan fingerprint density at radius 3 is 2.43 bits per heavy atom. The number of carbonyl (C=O) groups excluding carboxylic acids is 2. The van der Waals surface area contributed by atoms with Crippen molar-refractivity contribution in [3.05, 3.63) is 34.3 Å². The van der Waals surface area contributed by atoms with E-state index in [1.807, 2.05) is 24.3 Å². The van der Waals surface area contributed by atoms with Crippen LogP contribution in [0, 0.1) is 0 Å². The largest absolute Gasteiger partial charge is 0.469 e. The molecule has 5 nitrogen and oxygen atoms in total. The normalized spacial score (nSPS) is 11.2. The fraction of sp³-hybridized carbons (Fsp3) is 0.429. The molecule has 0 bridgehead atoms. The maximum Gasteiger partial charge on any atom is 0.307 e. The van der Waals surface area contributed by atoms with Crippen LogP contribution in [0.5, 0.6) is 0 Å². The average molecular weight is 380 g/mol. The van der Waals surface area contributed by atoms with E-state index in [9.17, 15) is 9.59 Å². The molecule has 21 heavy (non-hydrogen) atoms. The summed E-state index contributed by atoms with van der Waals surface area (Å²) in [4.78, 5) is 23.3. The van der Waals surface area contributed by atoms with Crippen molar-refractivity contribution in [1.82, 2.24) is 10.6 Å². The summed E-state index contributed by atoms with van der Waals surface area (Å²) in [7, 11) is 3.12. The lowest BCUT2D eigenvalue weighted by atomic mass is 10.0. The summed E-state index contributed by atoms with van der Waals surface area (Å²) in [5.41, 5.74) is 0.872. The molecule has 0 heterocycles. The van der Waals surface area contributed by atoms with Gasteiger partial charge in [0.15, 0.2) is 0 Å².